The van der Waals surface area contributed by atoms with Gasteiger partial charge < -0.3 is 15.4 Å². The second kappa shape index (κ2) is 7.40. The minimum atomic E-state index is -0.258. The molecule has 0 aliphatic heterocycles. The van der Waals surface area contributed by atoms with Crippen molar-refractivity contribution in [2.45, 2.75) is 0 Å². The predicted molar refractivity (Wildman–Crippen MR) is 80.4 cm³/mol. The molecule has 0 saturated heterocycles. The summed E-state index contributed by atoms with van der Waals surface area (Å²) in [6.07, 6.45) is 0. The highest BCUT2D eigenvalue weighted by Crippen LogP contribution is 2.16. The van der Waals surface area contributed by atoms with Crippen LogP contribution in [-0.4, -0.2) is 19.2 Å². The normalized spacial score (nSPS) is 9.85. The van der Waals surface area contributed by atoms with Crippen molar-refractivity contribution in [3.63, 3.8) is 0 Å². The number of benzene rings is 2. The lowest BCUT2D eigenvalue weighted by Crippen LogP contribution is -2.32. The number of carbonyl (C=O) groups excluding carboxylic acids is 1. The molecule has 0 radical (unpaired) electrons. The van der Waals surface area contributed by atoms with Gasteiger partial charge in [0.2, 0.25) is 0 Å². The Morgan fingerprint density at radius 2 is 1.90 bits per heavy atom. The molecule has 0 aliphatic carbocycles. The molecule has 2 aromatic carbocycles. The molecule has 2 rings (SSSR count). The van der Waals surface area contributed by atoms with Gasteiger partial charge in [-0.15, -0.1) is 0 Å². The first-order chi connectivity index (χ1) is 9.74. The Morgan fingerprint density at radius 1 is 1.10 bits per heavy atom. The van der Waals surface area contributed by atoms with Gasteiger partial charge in [0.1, 0.15) is 12.4 Å². The van der Waals surface area contributed by atoms with Gasteiger partial charge in [-0.1, -0.05) is 35.9 Å². The number of anilines is 1. The number of carbonyl (C=O) groups is 1. The van der Waals surface area contributed by atoms with Gasteiger partial charge in [-0.3, -0.25) is 0 Å². The molecule has 104 valence electrons. The van der Waals surface area contributed by atoms with Crippen LogP contribution in [0.4, 0.5) is 10.5 Å². The van der Waals surface area contributed by atoms with Crippen LogP contribution in [0.25, 0.3) is 0 Å². The van der Waals surface area contributed by atoms with E-state index < -0.39 is 0 Å². The summed E-state index contributed by atoms with van der Waals surface area (Å²) in [5.41, 5.74) is 0.751. The molecule has 0 fully saturated rings. The molecule has 4 nitrogen and oxygen atoms in total. The molecule has 5 heteroatoms. The number of urea groups is 1. The Hall–Kier alpha value is -2.20. The summed E-state index contributed by atoms with van der Waals surface area (Å²) < 4.78 is 5.46. The molecule has 0 spiro atoms. The molecule has 20 heavy (non-hydrogen) atoms. The zero-order valence-corrected chi connectivity index (χ0v) is 11.6. The van der Waals surface area contributed by atoms with Crippen LogP contribution in [0.3, 0.4) is 0 Å². The highest BCUT2D eigenvalue weighted by Gasteiger charge is 2.00. The lowest BCUT2D eigenvalue weighted by atomic mass is 10.3. The third-order valence-electron chi connectivity index (χ3n) is 2.48. The number of ether oxygens (including phenoxy) is 1. The molecule has 0 unspecified atom stereocenters. The van der Waals surface area contributed by atoms with E-state index in [1.165, 1.54) is 0 Å². The van der Waals surface area contributed by atoms with Crippen molar-refractivity contribution in [3.8, 4) is 5.75 Å². The van der Waals surface area contributed by atoms with E-state index in [2.05, 4.69) is 10.6 Å². The fraction of sp³-hybridized carbons (Fsp3) is 0.133. The number of halogens is 1. The molecule has 2 aromatic rings. The van der Waals surface area contributed by atoms with Crippen LogP contribution in [0.2, 0.25) is 5.02 Å². The number of amides is 2. The van der Waals surface area contributed by atoms with E-state index in [4.69, 9.17) is 16.3 Å². The van der Waals surface area contributed by atoms with Gasteiger partial charge in [-0.05, 0) is 30.3 Å². The topological polar surface area (TPSA) is 50.4 Å². The molecule has 0 heterocycles. The molecule has 0 aliphatic rings. The number of hydrogen-bond acceptors (Lipinski definition) is 2. The van der Waals surface area contributed by atoms with Crippen molar-refractivity contribution in [3.05, 3.63) is 59.6 Å². The average Bonchev–Trinajstić information content (AvgIpc) is 2.45. The molecule has 0 saturated carbocycles. The molecule has 0 bridgehead atoms. The van der Waals surface area contributed by atoms with Crippen molar-refractivity contribution in [2.75, 3.05) is 18.5 Å². The Balaban J connectivity index is 1.67. The third kappa shape index (κ3) is 4.82. The second-order valence-corrected chi connectivity index (χ2v) is 4.49. The zero-order valence-electron chi connectivity index (χ0n) is 10.8. The summed E-state index contributed by atoms with van der Waals surface area (Å²) in [4.78, 5) is 11.6. The van der Waals surface area contributed by atoms with Crippen molar-refractivity contribution in [1.82, 2.24) is 5.32 Å². The van der Waals surface area contributed by atoms with E-state index in [1.54, 1.807) is 12.1 Å². The standard InChI is InChI=1S/C15H15ClN2O2/c16-12-5-4-8-14(11-12)20-10-9-17-15(19)18-13-6-2-1-3-7-13/h1-8,11H,9-10H2,(H2,17,18,19). The van der Waals surface area contributed by atoms with Crippen molar-refractivity contribution in [1.29, 1.82) is 0 Å². The minimum Gasteiger partial charge on any atom is -0.492 e. The number of nitrogens with one attached hydrogen (secondary N) is 2. The Bertz CT molecular complexity index is 561. The fourth-order valence-electron chi connectivity index (χ4n) is 1.59. The summed E-state index contributed by atoms with van der Waals surface area (Å²) in [6, 6.07) is 16.1. The van der Waals surface area contributed by atoms with E-state index in [9.17, 15) is 4.79 Å². The van der Waals surface area contributed by atoms with E-state index >= 15 is 0 Å². The van der Waals surface area contributed by atoms with Crippen molar-refractivity contribution >= 4 is 23.3 Å². The van der Waals surface area contributed by atoms with E-state index in [0.717, 1.165) is 5.69 Å². The highest BCUT2D eigenvalue weighted by atomic mass is 35.5. The second-order valence-electron chi connectivity index (χ2n) is 4.05. The SMILES string of the molecule is O=C(NCCOc1cccc(Cl)c1)Nc1ccccc1. The van der Waals surface area contributed by atoms with Gasteiger partial charge >= 0.3 is 6.03 Å². The fourth-order valence-corrected chi connectivity index (χ4v) is 1.77. The number of hydrogen-bond donors (Lipinski definition) is 2. The van der Waals surface area contributed by atoms with Crippen LogP contribution in [0.1, 0.15) is 0 Å². The van der Waals surface area contributed by atoms with Gasteiger partial charge in [0.25, 0.3) is 0 Å². The Labute approximate surface area is 122 Å². The Kier molecular flexibility index (Phi) is 5.26. The van der Waals surface area contributed by atoms with E-state index in [0.29, 0.717) is 23.9 Å². The monoisotopic (exact) mass is 290 g/mol. The van der Waals surface area contributed by atoms with E-state index in [1.807, 2.05) is 42.5 Å². The van der Waals surface area contributed by atoms with Crippen molar-refractivity contribution in [2.24, 2.45) is 0 Å². The Morgan fingerprint density at radius 3 is 2.65 bits per heavy atom. The maximum atomic E-state index is 11.6. The lowest BCUT2D eigenvalue weighted by Gasteiger charge is -2.09. The van der Waals surface area contributed by atoms with Gasteiger partial charge in [-0.25, -0.2) is 4.79 Å². The maximum Gasteiger partial charge on any atom is 0.319 e. The molecule has 2 N–H and O–H groups in total. The summed E-state index contributed by atoms with van der Waals surface area (Å²) in [5, 5.41) is 6.05. The van der Waals surface area contributed by atoms with Gasteiger partial charge in [-0.2, -0.15) is 0 Å². The van der Waals surface area contributed by atoms with Gasteiger partial charge in [0.15, 0.2) is 0 Å². The molecule has 2 amide bonds. The zero-order chi connectivity index (χ0) is 14.2. The third-order valence-corrected chi connectivity index (χ3v) is 2.72. The maximum absolute atomic E-state index is 11.6. The van der Waals surface area contributed by atoms with Crippen LogP contribution in [0, 0.1) is 0 Å². The summed E-state index contributed by atoms with van der Waals surface area (Å²) >= 11 is 5.84. The number of para-hydroxylation sites is 1. The predicted octanol–water partition coefficient (Wildman–Crippen LogP) is 3.54. The smallest absolute Gasteiger partial charge is 0.319 e. The largest absolute Gasteiger partial charge is 0.492 e. The number of rotatable bonds is 5. The summed E-state index contributed by atoms with van der Waals surface area (Å²) in [5.74, 6) is 0.683. The van der Waals surface area contributed by atoms with Crippen LogP contribution < -0.4 is 15.4 Å². The van der Waals surface area contributed by atoms with Crippen LogP contribution in [0.5, 0.6) is 5.75 Å². The summed E-state index contributed by atoms with van der Waals surface area (Å²) in [7, 11) is 0. The van der Waals surface area contributed by atoms with Crippen molar-refractivity contribution < 1.29 is 9.53 Å². The molecular formula is C15H15ClN2O2. The molecule has 0 atom stereocenters. The first-order valence-electron chi connectivity index (χ1n) is 6.22. The highest BCUT2D eigenvalue weighted by molar-refractivity contribution is 6.30. The summed E-state index contributed by atoms with van der Waals surface area (Å²) in [6.45, 7) is 0.785. The van der Waals surface area contributed by atoms with Crippen LogP contribution >= 0.6 is 11.6 Å². The van der Waals surface area contributed by atoms with Gasteiger partial charge in [0.05, 0.1) is 6.54 Å². The lowest BCUT2D eigenvalue weighted by molar-refractivity contribution is 0.247. The molecule has 0 aromatic heterocycles. The first-order valence-corrected chi connectivity index (χ1v) is 6.60. The van der Waals surface area contributed by atoms with Crippen LogP contribution in [0.15, 0.2) is 54.6 Å². The van der Waals surface area contributed by atoms with Crippen LogP contribution in [-0.2, 0) is 0 Å². The average molecular weight is 291 g/mol. The van der Waals surface area contributed by atoms with Gasteiger partial charge in [0, 0.05) is 10.7 Å². The molecular weight excluding hydrogens is 276 g/mol. The van der Waals surface area contributed by atoms with E-state index in [-0.39, 0.29) is 6.03 Å². The minimum absolute atomic E-state index is 0.258. The quantitative estimate of drug-likeness (QED) is 0.828. The first kappa shape index (κ1) is 14.2.